The first-order valence-electron chi connectivity index (χ1n) is 6.46. The summed E-state index contributed by atoms with van der Waals surface area (Å²) in [5, 5.41) is 8.03. The van der Waals surface area contributed by atoms with Crippen LogP contribution in [-0.2, 0) is 0 Å². The average Bonchev–Trinajstić information content (AvgIpc) is 3.28. The Bertz CT molecular complexity index is 886. The van der Waals surface area contributed by atoms with E-state index in [2.05, 4.69) is 30.2 Å². The summed E-state index contributed by atoms with van der Waals surface area (Å²) >= 11 is 0. The molecular weight excluding hydrogens is 282 g/mol. The quantitative estimate of drug-likeness (QED) is 0.567. The predicted octanol–water partition coefficient (Wildman–Crippen LogP) is 1.77. The molecule has 22 heavy (non-hydrogen) atoms. The molecule has 8 nitrogen and oxygen atoms in total. The van der Waals surface area contributed by atoms with E-state index in [1.807, 2.05) is 24.3 Å². The Kier molecular flexibility index (Phi) is 2.90. The van der Waals surface area contributed by atoms with Gasteiger partial charge >= 0.3 is 0 Å². The van der Waals surface area contributed by atoms with Crippen molar-refractivity contribution in [2.24, 2.45) is 0 Å². The van der Waals surface area contributed by atoms with Crippen LogP contribution in [0.15, 0.2) is 60.0 Å². The van der Waals surface area contributed by atoms with Gasteiger partial charge in [0.2, 0.25) is 5.82 Å². The maximum absolute atomic E-state index is 5.30. The number of rotatable bonds is 3. The van der Waals surface area contributed by atoms with E-state index in [1.54, 1.807) is 29.6 Å². The predicted molar refractivity (Wildman–Crippen MR) is 75.7 cm³/mol. The van der Waals surface area contributed by atoms with Gasteiger partial charge in [-0.15, -0.1) is 0 Å². The molecule has 3 aromatic heterocycles. The van der Waals surface area contributed by atoms with E-state index in [9.17, 15) is 0 Å². The van der Waals surface area contributed by atoms with Crippen LogP contribution >= 0.6 is 0 Å². The van der Waals surface area contributed by atoms with Crippen molar-refractivity contribution >= 4 is 0 Å². The third kappa shape index (κ3) is 2.22. The molecule has 3 heterocycles. The van der Waals surface area contributed by atoms with Crippen LogP contribution in [0.1, 0.15) is 0 Å². The Hall–Kier alpha value is -3.42. The normalized spacial score (nSPS) is 10.7. The van der Waals surface area contributed by atoms with E-state index in [-0.39, 0.29) is 0 Å². The minimum atomic E-state index is 0.397. The van der Waals surface area contributed by atoms with Crippen LogP contribution in [-0.4, -0.2) is 34.9 Å². The number of hydrogen-bond acceptors (Lipinski definition) is 7. The number of hydrogen-bond donors (Lipinski definition) is 0. The number of nitrogens with zero attached hydrogens (tertiary/aromatic N) is 7. The smallest absolute Gasteiger partial charge is 0.258 e. The van der Waals surface area contributed by atoms with Gasteiger partial charge in [-0.1, -0.05) is 11.2 Å². The summed E-state index contributed by atoms with van der Waals surface area (Å²) in [4.78, 5) is 16.4. The fraction of sp³-hybridized carbons (Fsp3) is 0. The van der Waals surface area contributed by atoms with E-state index in [0.717, 1.165) is 11.3 Å². The SMILES string of the molecule is c1cc(-c2nc(-c3cnccn3)no2)cc(-n2cncn2)c1. The lowest BCUT2D eigenvalue weighted by atomic mass is 10.2. The van der Waals surface area contributed by atoms with E-state index in [0.29, 0.717) is 17.4 Å². The minimum absolute atomic E-state index is 0.397. The topological polar surface area (TPSA) is 95.4 Å². The summed E-state index contributed by atoms with van der Waals surface area (Å²) in [6.07, 6.45) is 7.85. The summed E-state index contributed by atoms with van der Waals surface area (Å²) in [6.45, 7) is 0. The first kappa shape index (κ1) is 12.3. The Balaban J connectivity index is 1.71. The Morgan fingerprint density at radius 1 is 1.09 bits per heavy atom. The largest absolute Gasteiger partial charge is 0.334 e. The van der Waals surface area contributed by atoms with Gasteiger partial charge in [0.15, 0.2) is 0 Å². The lowest BCUT2D eigenvalue weighted by Crippen LogP contribution is -1.94. The van der Waals surface area contributed by atoms with Crippen molar-refractivity contribution in [3.05, 3.63) is 55.5 Å². The fourth-order valence-corrected chi connectivity index (χ4v) is 1.98. The number of aromatic nitrogens is 7. The molecule has 8 heteroatoms. The molecule has 0 saturated heterocycles. The molecule has 0 N–H and O–H groups in total. The van der Waals surface area contributed by atoms with Gasteiger partial charge in [0.1, 0.15) is 18.3 Å². The lowest BCUT2D eigenvalue weighted by molar-refractivity contribution is 0.432. The van der Waals surface area contributed by atoms with Crippen LogP contribution in [0.25, 0.3) is 28.7 Å². The molecule has 0 radical (unpaired) electrons. The monoisotopic (exact) mass is 291 g/mol. The van der Waals surface area contributed by atoms with Crippen LogP contribution in [0.4, 0.5) is 0 Å². The maximum Gasteiger partial charge on any atom is 0.258 e. The van der Waals surface area contributed by atoms with E-state index < -0.39 is 0 Å². The molecule has 0 fully saturated rings. The Labute approximate surface area is 124 Å². The highest BCUT2D eigenvalue weighted by Crippen LogP contribution is 2.22. The van der Waals surface area contributed by atoms with Gasteiger partial charge in [0.25, 0.3) is 5.89 Å². The molecule has 0 aliphatic carbocycles. The first-order chi connectivity index (χ1) is 10.9. The summed E-state index contributed by atoms with van der Waals surface area (Å²) in [7, 11) is 0. The molecule has 1 aromatic carbocycles. The average molecular weight is 291 g/mol. The van der Waals surface area contributed by atoms with Crippen LogP contribution in [0.2, 0.25) is 0 Å². The molecule has 0 saturated carbocycles. The van der Waals surface area contributed by atoms with Crippen LogP contribution in [0.3, 0.4) is 0 Å². The van der Waals surface area contributed by atoms with Crippen LogP contribution < -0.4 is 0 Å². The zero-order valence-electron chi connectivity index (χ0n) is 11.2. The molecule has 106 valence electrons. The highest BCUT2D eigenvalue weighted by atomic mass is 16.5. The summed E-state index contributed by atoms with van der Waals surface area (Å²) in [6, 6.07) is 7.58. The molecule has 0 aliphatic heterocycles. The Morgan fingerprint density at radius 2 is 2.09 bits per heavy atom. The first-order valence-corrected chi connectivity index (χ1v) is 6.46. The van der Waals surface area contributed by atoms with Gasteiger partial charge in [-0.2, -0.15) is 10.1 Å². The van der Waals surface area contributed by atoms with Gasteiger partial charge in [0.05, 0.1) is 11.9 Å². The zero-order valence-corrected chi connectivity index (χ0v) is 11.2. The van der Waals surface area contributed by atoms with Crippen molar-refractivity contribution < 1.29 is 4.52 Å². The van der Waals surface area contributed by atoms with Gasteiger partial charge in [0, 0.05) is 18.0 Å². The van der Waals surface area contributed by atoms with Crippen LogP contribution in [0.5, 0.6) is 0 Å². The lowest BCUT2D eigenvalue weighted by Gasteiger charge is -2.01. The van der Waals surface area contributed by atoms with Gasteiger partial charge in [-0.3, -0.25) is 4.98 Å². The van der Waals surface area contributed by atoms with E-state index >= 15 is 0 Å². The second-order valence-corrected chi connectivity index (χ2v) is 4.40. The number of benzene rings is 1. The summed E-state index contributed by atoms with van der Waals surface area (Å²) in [5.74, 6) is 0.803. The molecular formula is C14H9N7O. The summed E-state index contributed by atoms with van der Waals surface area (Å²) in [5.41, 5.74) is 2.20. The molecule has 4 rings (SSSR count). The third-order valence-electron chi connectivity index (χ3n) is 2.99. The third-order valence-corrected chi connectivity index (χ3v) is 2.99. The Morgan fingerprint density at radius 3 is 2.91 bits per heavy atom. The van der Waals surface area contributed by atoms with E-state index in [4.69, 9.17) is 4.52 Å². The highest BCUT2D eigenvalue weighted by Gasteiger charge is 2.12. The van der Waals surface area contributed by atoms with Gasteiger partial charge < -0.3 is 4.52 Å². The second-order valence-electron chi connectivity index (χ2n) is 4.40. The second kappa shape index (κ2) is 5.17. The van der Waals surface area contributed by atoms with Gasteiger partial charge in [-0.05, 0) is 18.2 Å². The van der Waals surface area contributed by atoms with Crippen molar-refractivity contribution in [3.8, 4) is 28.7 Å². The van der Waals surface area contributed by atoms with Crippen molar-refractivity contribution in [1.82, 2.24) is 34.9 Å². The molecule has 0 unspecified atom stereocenters. The molecule has 4 aromatic rings. The molecule has 0 aliphatic rings. The van der Waals surface area contributed by atoms with Crippen LogP contribution in [0, 0.1) is 0 Å². The van der Waals surface area contributed by atoms with Crippen molar-refractivity contribution in [2.45, 2.75) is 0 Å². The van der Waals surface area contributed by atoms with Crippen molar-refractivity contribution in [3.63, 3.8) is 0 Å². The molecule has 0 spiro atoms. The minimum Gasteiger partial charge on any atom is -0.334 e. The van der Waals surface area contributed by atoms with Gasteiger partial charge in [-0.25, -0.2) is 14.6 Å². The molecule has 0 amide bonds. The standard InChI is InChI=1S/C14H9N7O/c1-2-10(6-11(3-1)21-9-16-8-18-21)14-19-13(20-22-14)12-7-15-4-5-17-12/h1-9H. The molecule has 0 atom stereocenters. The highest BCUT2D eigenvalue weighted by molar-refractivity contribution is 5.59. The summed E-state index contributed by atoms with van der Waals surface area (Å²) < 4.78 is 6.96. The van der Waals surface area contributed by atoms with Crippen molar-refractivity contribution in [1.29, 1.82) is 0 Å². The molecule has 0 bridgehead atoms. The van der Waals surface area contributed by atoms with E-state index in [1.165, 1.54) is 6.33 Å². The zero-order chi connectivity index (χ0) is 14.8. The van der Waals surface area contributed by atoms with Crippen molar-refractivity contribution in [2.75, 3.05) is 0 Å². The maximum atomic E-state index is 5.30. The fourth-order valence-electron chi connectivity index (χ4n) is 1.98.